The predicted molar refractivity (Wildman–Crippen MR) is 217 cm³/mol. The van der Waals surface area contributed by atoms with Crippen LogP contribution in [0, 0.1) is 5.82 Å². The number of alkyl carbamates (subject to hydrolysis) is 1. The highest BCUT2D eigenvalue weighted by atomic mass is 32.1. The average molecular weight is 863 g/mol. The van der Waals surface area contributed by atoms with E-state index in [1.807, 2.05) is 0 Å². The van der Waals surface area contributed by atoms with Crippen molar-refractivity contribution in [1.82, 2.24) is 15.0 Å². The Balaban J connectivity index is 1.85. The molecule has 0 fully saturated rings. The first kappa shape index (κ1) is 48.1. The number of nitrogens with zero attached hydrogens (tertiary/aromatic N) is 4. The molecule has 0 bridgehead atoms. The highest BCUT2D eigenvalue weighted by Crippen LogP contribution is 2.32. The fourth-order valence-electron chi connectivity index (χ4n) is 4.80. The summed E-state index contributed by atoms with van der Waals surface area (Å²) in [5, 5.41) is 22.6. The number of ether oxygens (including phenoxy) is 5. The fourth-order valence-corrected chi connectivity index (χ4v) is 5.48. The number of aliphatic carboxylic acids is 1. The summed E-state index contributed by atoms with van der Waals surface area (Å²) in [6.45, 7) is 18.5. The van der Waals surface area contributed by atoms with E-state index in [0.29, 0.717) is 13.0 Å². The molecule has 3 aromatic rings. The van der Waals surface area contributed by atoms with E-state index < -0.39 is 71.3 Å². The molecule has 1 aromatic carbocycles. The van der Waals surface area contributed by atoms with Gasteiger partial charge in [-0.25, -0.2) is 33.3 Å². The van der Waals surface area contributed by atoms with E-state index in [0.717, 1.165) is 17.4 Å². The molecule has 0 spiro atoms. The number of nitrogens with one attached hydrogen (secondary N) is 3. The second-order valence-electron chi connectivity index (χ2n) is 15.9. The van der Waals surface area contributed by atoms with Crippen LogP contribution < -0.4 is 25.4 Å². The summed E-state index contributed by atoms with van der Waals surface area (Å²) < 4.78 is 46.0. The van der Waals surface area contributed by atoms with Crippen LogP contribution in [0.5, 0.6) is 5.75 Å². The Labute approximate surface area is 350 Å². The lowest BCUT2D eigenvalue weighted by molar-refractivity contribution is -0.772. The minimum absolute atomic E-state index is 0.0131. The third-order valence-corrected chi connectivity index (χ3v) is 7.92. The van der Waals surface area contributed by atoms with Crippen molar-refractivity contribution in [1.29, 1.82) is 0 Å². The van der Waals surface area contributed by atoms with Gasteiger partial charge in [0.05, 0.1) is 12.6 Å². The molecule has 60 heavy (non-hydrogen) atoms. The predicted octanol–water partition coefficient (Wildman–Crippen LogP) is 6.17. The minimum Gasteiger partial charge on any atom is -0.489 e. The third-order valence-electron chi connectivity index (χ3n) is 7.16. The normalized spacial score (nSPS) is 12.4. The molecule has 0 aliphatic rings. The van der Waals surface area contributed by atoms with Crippen LogP contribution in [-0.4, -0.2) is 93.4 Å². The number of thiazole rings is 1. The maximum absolute atomic E-state index is 16.0. The molecule has 3 rings (SSSR count). The van der Waals surface area contributed by atoms with Gasteiger partial charge in [-0.1, -0.05) is 17.8 Å². The highest BCUT2D eigenvalue weighted by Gasteiger charge is 2.31. The summed E-state index contributed by atoms with van der Waals surface area (Å²) in [4.78, 5) is 71.6. The van der Waals surface area contributed by atoms with Crippen LogP contribution in [-0.2, 0) is 47.0 Å². The molecule has 0 aliphatic heterocycles. The first-order valence-corrected chi connectivity index (χ1v) is 19.4. The smallest absolute Gasteiger partial charge is 0.413 e. The first-order valence-electron chi connectivity index (χ1n) is 18.6. The van der Waals surface area contributed by atoms with E-state index in [-0.39, 0.29) is 46.7 Å². The quantitative estimate of drug-likeness (QED) is 0.0227. The lowest BCUT2D eigenvalue weighted by Crippen LogP contribution is -2.43. The Morgan fingerprint density at radius 3 is 2.22 bits per heavy atom. The van der Waals surface area contributed by atoms with Gasteiger partial charge < -0.3 is 38.9 Å². The molecular formula is C39H53FN7O12S+. The van der Waals surface area contributed by atoms with Gasteiger partial charge >= 0.3 is 30.2 Å². The molecule has 0 radical (unpaired) electrons. The van der Waals surface area contributed by atoms with Crippen molar-refractivity contribution in [2.45, 2.75) is 98.2 Å². The molecule has 0 aliphatic carbocycles. The van der Waals surface area contributed by atoms with E-state index in [1.54, 1.807) is 84.9 Å². The largest absolute Gasteiger partial charge is 0.489 e. The Kier molecular flexibility index (Phi) is 16.5. The molecule has 3 amide bonds. The average Bonchev–Trinajstić information content (AvgIpc) is 3.67. The second-order valence-corrected chi connectivity index (χ2v) is 16.7. The van der Waals surface area contributed by atoms with Crippen molar-refractivity contribution in [2.75, 3.05) is 30.4 Å². The Morgan fingerprint density at radius 1 is 0.967 bits per heavy atom. The van der Waals surface area contributed by atoms with Crippen LogP contribution in [0.3, 0.4) is 0 Å². The highest BCUT2D eigenvalue weighted by molar-refractivity contribution is 7.14. The molecule has 0 saturated heterocycles. The monoisotopic (exact) mass is 862 g/mol. The maximum atomic E-state index is 16.0. The molecule has 1 unspecified atom stereocenters. The number of halogens is 1. The van der Waals surface area contributed by atoms with Gasteiger partial charge in [0.1, 0.15) is 47.3 Å². The molecule has 1 atom stereocenters. The van der Waals surface area contributed by atoms with Gasteiger partial charge in [-0.2, -0.15) is 0 Å². The molecule has 2 heterocycles. The van der Waals surface area contributed by atoms with Crippen molar-refractivity contribution >= 4 is 58.2 Å². The van der Waals surface area contributed by atoms with Gasteiger partial charge in [0.2, 0.25) is 11.9 Å². The zero-order valence-electron chi connectivity index (χ0n) is 35.3. The summed E-state index contributed by atoms with van der Waals surface area (Å²) in [5.74, 6) is -3.17. The van der Waals surface area contributed by atoms with Crippen LogP contribution >= 0.6 is 11.3 Å². The maximum Gasteiger partial charge on any atom is 0.413 e. The number of carboxylic acids is 1. The number of hydrogen-bond acceptors (Lipinski definition) is 14. The summed E-state index contributed by atoms with van der Waals surface area (Å²) in [5.41, 5.74) is -3.01. The summed E-state index contributed by atoms with van der Waals surface area (Å²) >= 11 is 0.896. The lowest BCUT2D eigenvalue weighted by atomic mass is 10.1. The Hall–Kier alpha value is -6.25. The number of carbonyl (C=O) groups is 5. The van der Waals surface area contributed by atoms with Crippen molar-refractivity contribution in [3.05, 3.63) is 53.9 Å². The summed E-state index contributed by atoms with van der Waals surface area (Å²) in [6.07, 6.45) is -0.388. The number of anilines is 2. The third kappa shape index (κ3) is 15.8. The van der Waals surface area contributed by atoms with Crippen LogP contribution in [0.1, 0.15) is 74.4 Å². The Bertz CT molecular complexity index is 2060. The van der Waals surface area contributed by atoms with Crippen molar-refractivity contribution in [3.8, 4) is 16.9 Å². The van der Waals surface area contributed by atoms with Gasteiger partial charge in [-0.05, 0) is 74.4 Å². The molecular weight excluding hydrogens is 810 g/mol. The second kappa shape index (κ2) is 20.6. The molecule has 19 nitrogen and oxygen atoms in total. The van der Waals surface area contributed by atoms with E-state index in [1.165, 1.54) is 23.6 Å². The molecule has 21 heteroatoms. The molecule has 328 valence electrons. The number of carbonyl (C=O) groups excluding carboxylic acids is 4. The molecule has 4 N–H and O–H groups in total. The number of amides is 3. The van der Waals surface area contributed by atoms with Crippen LogP contribution in [0.2, 0.25) is 0 Å². The van der Waals surface area contributed by atoms with Gasteiger partial charge in [-0.3, -0.25) is 10.6 Å². The summed E-state index contributed by atoms with van der Waals surface area (Å²) in [7, 11) is 1.65. The zero-order chi connectivity index (χ0) is 45.0. The van der Waals surface area contributed by atoms with E-state index >= 15 is 4.39 Å². The topological polar surface area (TPSA) is 231 Å². The number of benzene rings is 1. The van der Waals surface area contributed by atoms with Crippen molar-refractivity contribution < 1.29 is 66.7 Å². The molecule has 0 saturated carbocycles. The van der Waals surface area contributed by atoms with Crippen LogP contribution in [0.15, 0.2) is 47.6 Å². The number of rotatable bonds is 17. The van der Waals surface area contributed by atoms with Gasteiger partial charge in [-0.15, -0.1) is 20.7 Å². The van der Waals surface area contributed by atoms with Gasteiger partial charge in [0.25, 0.3) is 6.10 Å². The van der Waals surface area contributed by atoms with Crippen LogP contribution in [0.25, 0.3) is 11.1 Å². The fraction of sp³-hybridized carbons (Fsp3) is 0.487. The number of hydrogen-bond donors (Lipinski definition) is 4. The minimum atomic E-state index is -1.64. The van der Waals surface area contributed by atoms with Crippen molar-refractivity contribution in [3.63, 3.8) is 0 Å². The van der Waals surface area contributed by atoms with Crippen LogP contribution in [0.4, 0.5) is 29.7 Å². The van der Waals surface area contributed by atoms with E-state index in [9.17, 15) is 29.1 Å². The number of esters is 1. The summed E-state index contributed by atoms with van der Waals surface area (Å²) in [6, 6.07) is 3.85. The SMILES string of the molecule is C=CCOC(=O)Nc1c(-c2ccc(OCC(O/N=C(\C(=O)O)c3csc(NC(=O)OC(C)(C)C)n3)C(=O)OC(C)(C)C)cc2F)c[n+](CCCNC(=O)OC(C)(C)C)n1C. The van der Waals surface area contributed by atoms with E-state index in [4.69, 9.17) is 28.5 Å². The number of carboxylic acid groups (broad SMARTS) is 1. The standard InChI is InChI=1S/C39H52FN7O12S/c1-12-18-54-35(52)43-30-25(20-47(46(30)11)17-13-16-41-34(51)57-38(5,6)7)24-15-14-23(19-26(24)40)55-21-28(32(50)56-37(2,3)4)59-45-29(31(48)49)27-22-60-33(42-27)44-36(53)58-39(8,9)10/h12,14-15,19-20,22,28H,1,13,16-18,21H2,2-11H3,(H3,41,42,44,48,49,51,53)/p+1/b45-29-. The van der Waals surface area contributed by atoms with Crippen molar-refractivity contribution in [2.24, 2.45) is 12.2 Å². The lowest BCUT2D eigenvalue weighted by Gasteiger charge is -2.23. The Morgan fingerprint density at radius 2 is 1.62 bits per heavy atom. The first-order chi connectivity index (χ1) is 27.9. The van der Waals surface area contributed by atoms with Gasteiger partial charge in [0.15, 0.2) is 17.5 Å². The number of aromatic nitrogens is 3. The number of oxime groups is 1. The molecule has 2 aromatic heterocycles. The number of aryl methyl sites for hydroxylation is 1. The van der Waals surface area contributed by atoms with Gasteiger partial charge in [0, 0.05) is 30.0 Å². The van der Waals surface area contributed by atoms with E-state index in [2.05, 4.69) is 32.7 Å². The zero-order valence-corrected chi connectivity index (χ0v) is 36.1.